The second-order valence-electron chi connectivity index (χ2n) is 5.33. The third kappa shape index (κ3) is 5.93. The summed E-state index contributed by atoms with van der Waals surface area (Å²) in [5.74, 6) is 2.58. The van der Waals surface area contributed by atoms with Gasteiger partial charge in [-0.3, -0.25) is 4.78 Å². The Morgan fingerprint density at radius 2 is 2.30 bits per heavy atom. The lowest BCUT2D eigenvalue weighted by Gasteiger charge is -2.10. The number of terminal acetylenes is 1. The molecule has 0 fully saturated rings. The van der Waals surface area contributed by atoms with Gasteiger partial charge in [0.1, 0.15) is 12.4 Å². The summed E-state index contributed by atoms with van der Waals surface area (Å²) in [6, 6.07) is 4.19. The number of benzene rings is 1. The van der Waals surface area contributed by atoms with E-state index in [2.05, 4.69) is 52.3 Å². The van der Waals surface area contributed by atoms with Gasteiger partial charge in [0.2, 0.25) is 11.7 Å². The van der Waals surface area contributed by atoms with E-state index in [4.69, 9.17) is 15.8 Å². The number of nitrogens with one attached hydrogen (secondary N) is 3. The normalized spacial score (nSPS) is 13.5. The van der Waals surface area contributed by atoms with E-state index in [0.717, 1.165) is 0 Å². The maximum atomic E-state index is 13.3. The molecule has 0 spiro atoms. The van der Waals surface area contributed by atoms with Crippen molar-refractivity contribution in [3.8, 4) is 12.3 Å². The molecule has 0 saturated heterocycles. The van der Waals surface area contributed by atoms with E-state index in [0.29, 0.717) is 18.0 Å². The van der Waals surface area contributed by atoms with Gasteiger partial charge in [-0.25, -0.2) is 13.4 Å². The highest BCUT2D eigenvalue weighted by Crippen LogP contribution is 2.21. The van der Waals surface area contributed by atoms with Crippen LogP contribution in [0.4, 0.5) is 15.9 Å². The Morgan fingerprint density at radius 1 is 1.52 bits per heavy atom. The lowest BCUT2D eigenvalue weighted by molar-refractivity contribution is 0.305. The van der Waals surface area contributed by atoms with E-state index in [1.54, 1.807) is 6.26 Å². The first-order valence-electron chi connectivity index (χ1n) is 7.50. The molecule has 2 aromatic rings. The summed E-state index contributed by atoms with van der Waals surface area (Å²) >= 11 is 3.08. The van der Waals surface area contributed by atoms with Gasteiger partial charge in [-0.2, -0.15) is 0 Å². The van der Waals surface area contributed by atoms with Crippen LogP contribution in [-0.4, -0.2) is 46.5 Å². The molecule has 0 aliphatic carbocycles. The zero-order chi connectivity index (χ0) is 19.9. The van der Waals surface area contributed by atoms with Gasteiger partial charge >= 0.3 is 0 Å². The van der Waals surface area contributed by atoms with Gasteiger partial charge in [-0.1, -0.05) is 20.7 Å². The molecular weight excluding hydrogens is 441 g/mol. The van der Waals surface area contributed by atoms with Crippen LogP contribution >= 0.6 is 15.9 Å². The Kier molecular flexibility index (Phi) is 7.14. The van der Waals surface area contributed by atoms with Gasteiger partial charge in [0.15, 0.2) is 5.69 Å². The molecule has 0 radical (unpaired) electrons. The van der Waals surface area contributed by atoms with Crippen molar-refractivity contribution in [2.45, 2.75) is 0 Å². The molecule has 1 atom stereocenters. The minimum Gasteiger partial charge on any atom is -0.409 e. The highest BCUT2D eigenvalue weighted by Gasteiger charge is 2.18. The molecule has 27 heavy (non-hydrogen) atoms. The Labute approximate surface area is 164 Å². The predicted molar refractivity (Wildman–Crippen MR) is 106 cm³/mol. The fourth-order valence-electron chi connectivity index (χ4n) is 1.91. The van der Waals surface area contributed by atoms with Crippen molar-refractivity contribution >= 4 is 42.9 Å². The van der Waals surface area contributed by atoms with Crippen molar-refractivity contribution in [1.82, 2.24) is 10.3 Å². The maximum Gasteiger partial charge on any atom is 0.203 e. The molecule has 1 heterocycles. The van der Waals surface area contributed by atoms with E-state index in [1.165, 1.54) is 18.2 Å². The summed E-state index contributed by atoms with van der Waals surface area (Å²) in [6.45, 7) is 0.565. The van der Waals surface area contributed by atoms with Gasteiger partial charge < -0.3 is 15.8 Å². The fraction of sp³-hybridized carbons (Fsp3) is 0.267. The lowest BCUT2D eigenvalue weighted by Crippen LogP contribution is -2.19. The average Bonchev–Trinajstić information content (AvgIpc) is 3.09. The molecule has 1 unspecified atom stereocenters. The minimum absolute atomic E-state index is 0.0461. The monoisotopic (exact) mass is 457 g/mol. The van der Waals surface area contributed by atoms with E-state index in [-0.39, 0.29) is 28.4 Å². The first-order valence-corrected chi connectivity index (χ1v) is 10.5. The lowest BCUT2D eigenvalue weighted by atomic mass is 10.3. The molecule has 12 heteroatoms. The van der Waals surface area contributed by atoms with Crippen LogP contribution in [0.15, 0.2) is 36.8 Å². The zero-order valence-electron chi connectivity index (χ0n) is 14.2. The number of halogens is 2. The van der Waals surface area contributed by atoms with Crippen molar-refractivity contribution < 1.29 is 14.2 Å². The number of hydrogen-bond donors (Lipinski definition) is 4. The quantitative estimate of drug-likeness (QED) is 0.166. The molecule has 0 amide bonds. The van der Waals surface area contributed by atoms with Gasteiger partial charge in [-0.05, 0) is 44.4 Å². The number of hydrogen-bond acceptors (Lipinski definition) is 8. The Balaban J connectivity index is 2.09. The maximum absolute atomic E-state index is 13.3. The number of anilines is 2. The van der Waals surface area contributed by atoms with E-state index >= 15 is 0 Å². The van der Waals surface area contributed by atoms with Crippen LogP contribution in [0.5, 0.6) is 0 Å². The van der Waals surface area contributed by atoms with Crippen LogP contribution < -0.4 is 10.6 Å². The molecule has 0 aliphatic heterocycles. The van der Waals surface area contributed by atoms with Gasteiger partial charge in [0.05, 0.1) is 4.47 Å². The van der Waals surface area contributed by atoms with Crippen LogP contribution in [0.1, 0.15) is 5.69 Å². The summed E-state index contributed by atoms with van der Waals surface area (Å²) in [5.41, 5.74) is 0.585. The Hall–Kier alpha value is -2.65. The Bertz CT molecular complexity index is 992. The number of oxime groups is 1. The molecule has 0 saturated carbocycles. The SMILES string of the molecule is C#CCN=S(C)(=N)CCNc1nonc1/C(=N/O)Nc1ccc(F)c(Br)c1. The first-order chi connectivity index (χ1) is 12.9. The Morgan fingerprint density at radius 3 is 2.96 bits per heavy atom. The first kappa shape index (κ1) is 20.7. The number of amidine groups is 1. The standard InChI is InChI=1S/C15H17BrFN7O2S/c1-3-6-20-27(2,18)8-7-19-14-13(23-26-24-14)15(22-25)21-10-4-5-12(17)11(16)9-10/h1,4-5,9,18,25H,6-8H2,2H3,(H,19,24)(H,21,22). The molecule has 0 bridgehead atoms. The molecule has 0 aliphatic rings. The molecule has 2 rings (SSSR count). The van der Waals surface area contributed by atoms with E-state index in [1.807, 2.05) is 0 Å². The molecule has 1 aromatic carbocycles. The molecular formula is C15H17BrFN7O2S. The highest BCUT2D eigenvalue weighted by molar-refractivity contribution is 9.10. The summed E-state index contributed by atoms with van der Waals surface area (Å²) in [5, 5.41) is 25.7. The zero-order valence-corrected chi connectivity index (χ0v) is 16.6. The minimum atomic E-state index is -1.94. The molecule has 1 aromatic heterocycles. The van der Waals surface area contributed by atoms with E-state index in [9.17, 15) is 9.60 Å². The number of aromatic nitrogens is 2. The molecule has 144 valence electrons. The molecule has 4 N–H and O–H groups in total. The van der Waals surface area contributed by atoms with Crippen molar-refractivity contribution in [2.75, 3.05) is 35.7 Å². The van der Waals surface area contributed by atoms with Crippen LogP contribution in [0.25, 0.3) is 0 Å². The van der Waals surface area contributed by atoms with Crippen LogP contribution in [0.3, 0.4) is 0 Å². The van der Waals surface area contributed by atoms with E-state index < -0.39 is 15.4 Å². The van der Waals surface area contributed by atoms with Gasteiger partial charge in [0, 0.05) is 24.2 Å². The third-order valence-corrected chi connectivity index (χ3v) is 5.53. The molecule has 9 nitrogen and oxygen atoms in total. The smallest absolute Gasteiger partial charge is 0.203 e. The van der Waals surface area contributed by atoms with Gasteiger partial charge in [0.25, 0.3) is 0 Å². The van der Waals surface area contributed by atoms with Crippen molar-refractivity contribution in [1.29, 1.82) is 4.78 Å². The van der Waals surface area contributed by atoms with Crippen molar-refractivity contribution in [3.05, 3.63) is 34.2 Å². The fourth-order valence-corrected chi connectivity index (χ4v) is 3.28. The largest absolute Gasteiger partial charge is 0.409 e. The van der Waals surface area contributed by atoms with Crippen LogP contribution in [0.2, 0.25) is 0 Å². The van der Waals surface area contributed by atoms with Crippen LogP contribution in [0, 0.1) is 22.9 Å². The topological polar surface area (TPSA) is 132 Å². The second kappa shape index (κ2) is 9.33. The summed E-state index contributed by atoms with van der Waals surface area (Å²) in [4.78, 5) is 0. The van der Waals surface area contributed by atoms with Gasteiger partial charge in [-0.15, -0.1) is 6.42 Å². The highest BCUT2D eigenvalue weighted by atomic mass is 79.9. The van der Waals surface area contributed by atoms with Crippen molar-refractivity contribution in [3.63, 3.8) is 0 Å². The van der Waals surface area contributed by atoms with Crippen LogP contribution in [-0.2, 0) is 9.62 Å². The predicted octanol–water partition coefficient (Wildman–Crippen LogP) is 2.99. The second-order valence-corrected chi connectivity index (χ2v) is 8.93. The summed E-state index contributed by atoms with van der Waals surface area (Å²) in [7, 11) is -1.94. The summed E-state index contributed by atoms with van der Waals surface area (Å²) in [6.07, 6.45) is 6.89. The summed E-state index contributed by atoms with van der Waals surface area (Å²) < 4.78 is 30.6. The number of rotatable bonds is 7. The van der Waals surface area contributed by atoms with Crippen molar-refractivity contribution in [2.24, 2.45) is 9.52 Å². The average molecular weight is 458 g/mol. The number of nitrogens with zero attached hydrogens (tertiary/aromatic N) is 4. The third-order valence-electron chi connectivity index (χ3n) is 3.23.